The molecule has 0 fully saturated rings. The molecule has 0 radical (unpaired) electrons. The van der Waals surface area contributed by atoms with Crippen LogP contribution < -0.4 is 0 Å². The molecule has 6 heteroatoms. The molecule has 0 heterocycles. The van der Waals surface area contributed by atoms with Crippen LogP contribution in [0.2, 0.25) is 0 Å². The van der Waals surface area contributed by atoms with Crippen molar-refractivity contribution in [2.45, 2.75) is 117 Å². The lowest BCUT2D eigenvalue weighted by molar-refractivity contribution is -0.143. The van der Waals surface area contributed by atoms with E-state index in [-0.39, 0.29) is 5.97 Å². The lowest BCUT2D eigenvalue weighted by Gasteiger charge is -2.18. The summed E-state index contributed by atoms with van der Waals surface area (Å²) >= 11 is 0. The fourth-order valence-electron chi connectivity index (χ4n) is 2.90. The minimum absolute atomic E-state index is 0.0507. The SMILES string of the molecule is CCCCOC(=O)CCCCCCCCCCP(=O)(OCCCC)OCCCC. The Labute approximate surface area is 180 Å². The van der Waals surface area contributed by atoms with Gasteiger partial charge >= 0.3 is 13.6 Å². The van der Waals surface area contributed by atoms with Crippen molar-refractivity contribution in [1.82, 2.24) is 0 Å². The van der Waals surface area contributed by atoms with Crippen molar-refractivity contribution in [1.29, 1.82) is 0 Å². The van der Waals surface area contributed by atoms with Gasteiger partial charge in [-0.2, -0.15) is 0 Å². The molecule has 5 nitrogen and oxygen atoms in total. The Balaban J connectivity index is 3.67. The van der Waals surface area contributed by atoms with Crippen LogP contribution in [0.1, 0.15) is 117 Å². The third kappa shape index (κ3) is 19.3. The van der Waals surface area contributed by atoms with Crippen LogP contribution in [0.4, 0.5) is 0 Å². The van der Waals surface area contributed by atoms with E-state index < -0.39 is 7.60 Å². The average molecular weight is 435 g/mol. The van der Waals surface area contributed by atoms with Crippen LogP contribution in [0, 0.1) is 0 Å². The highest BCUT2D eigenvalue weighted by molar-refractivity contribution is 7.53. The van der Waals surface area contributed by atoms with Gasteiger partial charge in [0.05, 0.1) is 26.0 Å². The van der Waals surface area contributed by atoms with Gasteiger partial charge in [0.1, 0.15) is 0 Å². The summed E-state index contributed by atoms with van der Waals surface area (Å²) in [5.41, 5.74) is 0. The molecule has 0 aromatic rings. The normalized spacial score (nSPS) is 11.7. The maximum absolute atomic E-state index is 12.8. The summed E-state index contributed by atoms with van der Waals surface area (Å²) in [6, 6.07) is 0. The Hall–Kier alpha value is -0.380. The molecule has 0 saturated heterocycles. The molecule has 0 amide bonds. The molecule has 0 saturated carbocycles. The molecule has 29 heavy (non-hydrogen) atoms. The van der Waals surface area contributed by atoms with Crippen molar-refractivity contribution in [3.63, 3.8) is 0 Å². The highest BCUT2D eigenvalue weighted by Crippen LogP contribution is 2.49. The first kappa shape index (κ1) is 28.6. The Morgan fingerprint density at radius 3 is 1.59 bits per heavy atom. The third-order valence-electron chi connectivity index (χ3n) is 4.90. The van der Waals surface area contributed by atoms with Crippen LogP contribution in [-0.2, 0) is 23.1 Å². The lowest BCUT2D eigenvalue weighted by atomic mass is 10.1. The zero-order valence-corrected chi connectivity index (χ0v) is 20.3. The molecular formula is C23H47O5P. The number of hydrogen-bond acceptors (Lipinski definition) is 5. The molecule has 174 valence electrons. The molecular weight excluding hydrogens is 387 g/mol. The second-order valence-corrected chi connectivity index (χ2v) is 10.0. The van der Waals surface area contributed by atoms with Crippen molar-refractivity contribution in [3.8, 4) is 0 Å². The highest BCUT2D eigenvalue weighted by Gasteiger charge is 2.23. The fourth-order valence-corrected chi connectivity index (χ4v) is 4.66. The second kappa shape index (κ2) is 20.9. The topological polar surface area (TPSA) is 61.8 Å². The Morgan fingerprint density at radius 2 is 1.07 bits per heavy atom. The highest BCUT2D eigenvalue weighted by atomic mass is 31.2. The van der Waals surface area contributed by atoms with E-state index in [0.717, 1.165) is 70.6 Å². The summed E-state index contributed by atoms with van der Waals surface area (Å²) < 4.78 is 29.3. The first-order chi connectivity index (χ1) is 14.1. The van der Waals surface area contributed by atoms with E-state index in [4.69, 9.17) is 13.8 Å². The van der Waals surface area contributed by atoms with Gasteiger partial charge in [-0.25, -0.2) is 0 Å². The molecule has 0 rings (SSSR count). The van der Waals surface area contributed by atoms with Crippen LogP contribution in [0.3, 0.4) is 0 Å². The summed E-state index contributed by atoms with van der Waals surface area (Å²) in [6.45, 7) is 7.93. The van der Waals surface area contributed by atoms with Crippen LogP contribution in [0.15, 0.2) is 0 Å². The van der Waals surface area contributed by atoms with Gasteiger partial charge in [-0.1, -0.05) is 78.6 Å². The third-order valence-corrected chi connectivity index (χ3v) is 6.91. The first-order valence-electron chi connectivity index (χ1n) is 12.1. The molecule has 0 aromatic heterocycles. The molecule has 0 unspecified atom stereocenters. The number of carbonyl (C=O) groups excluding carboxylic acids is 1. The molecule has 0 aromatic carbocycles. The summed E-state index contributed by atoms with van der Waals surface area (Å²) in [5, 5.41) is 0. The zero-order chi connectivity index (χ0) is 21.6. The lowest BCUT2D eigenvalue weighted by Crippen LogP contribution is -2.05. The molecule has 0 aliphatic carbocycles. The van der Waals surface area contributed by atoms with Gasteiger partial charge in [0.15, 0.2) is 0 Å². The van der Waals surface area contributed by atoms with Crippen molar-refractivity contribution in [3.05, 3.63) is 0 Å². The molecule has 0 atom stereocenters. The molecule has 0 aliphatic heterocycles. The predicted molar refractivity (Wildman–Crippen MR) is 122 cm³/mol. The monoisotopic (exact) mass is 434 g/mol. The summed E-state index contributed by atoms with van der Waals surface area (Å²) in [6.07, 6.45) is 15.7. The van der Waals surface area contributed by atoms with Gasteiger partial charge in [0.25, 0.3) is 0 Å². The van der Waals surface area contributed by atoms with Crippen molar-refractivity contribution in [2.75, 3.05) is 26.0 Å². The van der Waals surface area contributed by atoms with Gasteiger partial charge in [-0.3, -0.25) is 9.36 Å². The van der Waals surface area contributed by atoms with Crippen LogP contribution >= 0.6 is 7.60 Å². The molecule has 0 N–H and O–H groups in total. The average Bonchev–Trinajstić information content (AvgIpc) is 2.70. The van der Waals surface area contributed by atoms with E-state index in [0.29, 0.717) is 32.4 Å². The quantitative estimate of drug-likeness (QED) is 0.0994. The molecule has 0 bridgehead atoms. The smallest absolute Gasteiger partial charge is 0.330 e. The van der Waals surface area contributed by atoms with E-state index in [2.05, 4.69) is 20.8 Å². The number of rotatable bonds is 22. The Kier molecular flexibility index (Phi) is 20.6. The number of hydrogen-bond donors (Lipinski definition) is 0. The van der Waals surface area contributed by atoms with Gasteiger partial charge in [0.2, 0.25) is 0 Å². The Bertz CT molecular complexity index is 400. The number of unbranched alkanes of at least 4 members (excludes halogenated alkanes) is 10. The van der Waals surface area contributed by atoms with Gasteiger partial charge in [-0.05, 0) is 32.1 Å². The van der Waals surface area contributed by atoms with Crippen LogP contribution in [0.25, 0.3) is 0 Å². The number of esters is 1. The standard InChI is InChI=1S/C23H47O5P/c1-4-7-19-26-23(24)18-16-14-12-10-11-13-15-17-22-29(25,27-20-8-5-2)28-21-9-6-3/h4-22H2,1-3H3. The van der Waals surface area contributed by atoms with Gasteiger partial charge in [0, 0.05) is 6.42 Å². The van der Waals surface area contributed by atoms with E-state index in [9.17, 15) is 9.36 Å². The fraction of sp³-hybridized carbons (Fsp3) is 0.957. The number of carbonyl (C=O) groups is 1. The molecule has 0 aliphatic rings. The van der Waals surface area contributed by atoms with E-state index in [1.54, 1.807) is 0 Å². The minimum Gasteiger partial charge on any atom is -0.466 e. The summed E-state index contributed by atoms with van der Waals surface area (Å²) in [4.78, 5) is 11.5. The van der Waals surface area contributed by atoms with Crippen molar-refractivity contribution >= 4 is 13.6 Å². The maximum Gasteiger partial charge on any atom is 0.330 e. The predicted octanol–water partition coefficient (Wildman–Crippen LogP) is 7.67. The van der Waals surface area contributed by atoms with Gasteiger partial charge < -0.3 is 13.8 Å². The summed E-state index contributed by atoms with van der Waals surface area (Å²) in [5.74, 6) is -0.0507. The van der Waals surface area contributed by atoms with E-state index >= 15 is 0 Å². The largest absolute Gasteiger partial charge is 0.466 e. The molecule has 0 spiro atoms. The Morgan fingerprint density at radius 1 is 0.621 bits per heavy atom. The van der Waals surface area contributed by atoms with Crippen LogP contribution in [-0.4, -0.2) is 32.0 Å². The maximum atomic E-state index is 12.8. The van der Waals surface area contributed by atoms with E-state index in [1.165, 1.54) is 19.3 Å². The van der Waals surface area contributed by atoms with E-state index in [1.807, 2.05) is 0 Å². The minimum atomic E-state index is -2.91. The summed E-state index contributed by atoms with van der Waals surface area (Å²) in [7, 11) is -2.91. The second-order valence-electron chi connectivity index (χ2n) is 7.86. The van der Waals surface area contributed by atoms with Crippen molar-refractivity contribution in [2.24, 2.45) is 0 Å². The zero-order valence-electron chi connectivity index (χ0n) is 19.4. The van der Waals surface area contributed by atoms with Crippen LogP contribution in [0.5, 0.6) is 0 Å². The van der Waals surface area contributed by atoms with Gasteiger partial charge in [-0.15, -0.1) is 0 Å². The number of ether oxygens (including phenoxy) is 1. The first-order valence-corrected chi connectivity index (χ1v) is 13.8. The van der Waals surface area contributed by atoms with Crippen molar-refractivity contribution < 1.29 is 23.1 Å².